The number of nitrogens with zero attached hydrogens (tertiary/aromatic N) is 2. The molecule has 2 heterocycles. The molecule has 0 unspecified atom stereocenters. The zero-order valence-corrected chi connectivity index (χ0v) is 10.0. The van der Waals surface area contributed by atoms with Crippen LogP contribution < -0.4 is 5.73 Å². The molecule has 2 rings (SSSR count). The summed E-state index contributed by atoms with van der Waals surface area (Å²) in [6.45, 7) is 0.605. The molecule has 1 aliphatic rings. The molecule has 17 heavy (non-hydrogen) atoms. The van der Waals surface area contributed by atoms with Gasteiger partial charge in [0, 0.05) is 6.54 Å². The van der Waals surface area contributed by atoms with Crippen LogP contribution in [-0.2, 0) is 0 Å². The number of anilines is 1. The molecule has 1 aliphatic heterocycles. The molecule has 0 aliphatic carbocycles. The molecule has 3 N–H and O–H groups in total. The van der Waals surface area contributed by atoms with E-state index in [9.17, 15) is 9.90 Å². The molecule has 5 nitrogen and oxygen atoms in total. The summed E-state index contributed by atoms with van der Waals surface area (Å²) in [6, 6.07) is 1.39. The summed E-state index contributed by atoms with van der Waals surface area (Å²) in [5.41, 5.74) is 6.29. The lowest BCUT2D eigenvalue weighted by atomic mass is 10.2. The molecule has 6 heteroatoms. The predicted octanol–water partition coefficient (Wildman–Crippen LogP) is 0.914. The smallest absolute Gasteiger partial charge is 0.257 e. The van der Waals surface area contributed by atoms with E-state index in [1.807, 2.05) is 0 Å². The third kappa shape index (κ3) is 2.35. The average Bonchev–Trinajstić information content (AvgIpc) is 2.79. The van der Waals surface area contributed by atoms with Gasteiger partial charge in [-0.05, 0) is 18.9 Å². The normalized spacial score (nSPS) is 19.6. The minimum atomic E-state index is -0.216. The second-order valence-corrected chi connectivity index (χ2v) is 4.44. The lowest BCUT2D eigenvalue weighted by molar-refractivity contribution is 0.0677. The van der Waals surface area contributed by atoms with E-state index in [-0.39, 0.29) is 23.7 Å². The van der Waals surface area contributed by atoms with Crippen molar-refractivity contribution in [2.24, 2.45) is 0 Å². The average molecular weight is 256 g/mol. The number of aliphatic hydroxyl groups is 1. The van der Waals surface area contributed by atoms with Crippen LogP contribution in [0.5, 0.6) is 0 Å². The van der Waals surface area contributed by atoms with Gasteiger partial charge in [-0.2, -0.15) is 0 Å². The third-order valence-electron chi connectivity index (χ3n) is 2.94. The van der Waals surface area contributed by atoms with E-state index >= 15 is 0 Å². The number of halogens is 1. The van der Waals surface area contributed by atoms with E-state index in [4.69, 9.17) is 17.3 Å². The van der Waals surface area contributed by atoms with Gasteiger partial charge in [-0.3, -0.25) is 4.79 Å². The molecule has 0 aromatic carbocycles. The van der Waals surface area contributed by atoms with Crippen molar-refractivity contribution < 1.29 is 9.90 Å². The zero-order chi connectivity index (χ0) is 12.4. The number of nitrogens with two attached hydrogens (primary N) is 1. The molecule has 0 bridgehead atoms. The number of carbonyl (C=O) groups is 1. The molecule has 0 radical (unpaired) electrons. The van der Waals surface area contributed by atoms with Gasteiger partial charge in [0.2, 0.25) is 0 Å². The van der Waals surface area contributed by atoms with Gasteiger partial charge in [0.05, 0.1) is 30.1 Å². The largest absolute Gasteiger partial charge is 0.397 e. The number of aliphatic hydroxyl groups excluding tert-OH is 1. The molecule has 0 spiro atoms. The maximum Gasteiger partial charge on any atom is 0.257 e. The van der Waals surface area contributed by atoms with Crippen LogP contribution in [0, 0.1) is 0 Å². The van der Waals surface area contributed by atoms with Crippen LogP contribution >= 0.6 is 11.6 Å². The Hall–Kier alpha value is -1.33. The summed E-state index contributed by atoms with van der Waals surface area (Å²) in [5.74, 6) is -0.216. The SMILES string of the molecule is Nc1cnc(Cl)c(C(=O)N2CCC[C@@H]2CO)c1. The van der Waals surface area contributed by atoms with Crippen LogP contribution in [0.2, 0.25) is 5.15 Å². The number of rotatable bonds is 2. The van der Waals surface area contributed by atoms with Gasteiger partial charge in [-0.15, -0.1) is 0 Å². The highest BCUT2D eigenvalue weighted by molar-refractivity contribution is 6.32. The van der Waals surface area contributed by atoms with Crippen molar-refractivity contribution >= 4 is 23.2 Å². The van der Waals surface area contributed by atoms with E-state index in [2.05, 4.69) is 4.98 Å². The summed E-state index contributed by atoms with van der Waals surface area (Å²) >= 11 is 5.88. The number of carbonyl (C=O) groups excluding carboxylic acids is 1. The first-order chi connectivity index (χ1) is 8.13. The van der Waals surface area contributed by atoms with Crippen molar-refractivity contribution in [3.8, 4) is 0 Å². The lowest BCUT2D eigenvalue weighted by Gasteiger charge is -2.23. The van der Waals surface area contributed by atoms with Crippen molar-refractivity contribution in [1.82, 2.24) is 9.88 Å². The van der Waals surface area contributed by atoms with Gasteiger partial charge in [-0.25, -0.2) is 4.98 Å². The van der Waals surface area contributed by atoms with E-state index in [1.54, 1.807) is 4.90 Å². The summed E-state index contributed by atoms with van der Waals surface area (Å²) in [7, 11) is 0. The van der Waals surface area contributed by atoms with Gasteiger partial charge in [0.15, 0.2) is 0 Å². The standard InChI is InChI=1S/C11H14ClN3O2/c12-10-9(4-7(13)5-14-10)11(17)15-3-1-2-8(15)6-16/h4-5,8,16H,1-3,6,13H2/t8-/m1/s1. The van der Waals surface area contributed by atoms with Crippen LogP contribution in [-0.4, -0.2) is 40.1 Å². The van der Waals surface area contributed by atoms with Gasteiger partial charge >= 0.3 is 0 Å². The molecule has 1 atom stereocenters. The van der Waals surface area contributed by atoms with Gasteiger partial charge < -0.3 is 15.7 Å². The molecule has 1 fully saturated rings. The molecular formula is C11H14ClN3O2. The Bertz CT molecular complexity index is 439. The molecule has 1 saturated heterocycles. The molecule has 0 saturated carbocycles. The fourth-order valence-corrected chi connectivity index (χ4v) is 2.25. The Morgan fingerprint density at radius 2 is 2.47 bits per heavy atom. The number of pyridine rings is 1. The maximum absolute atomic E-state index is 12.2. The fourth-order valence-electron chi connectivity index (χ4n) is 2.06. The van der Waals surface area contributed by atoms with E-state index in [0.717, 1.165) is 12.8 Å². The van der Waals surface area contributed by atoms with Crippen LogP contribution in [0.15, 0.2) is 12.3 Å². The number of hydrogen-bond acceptors (Lipinski definition) is 4. The Balaban J connectivity index is 2.27. The van der Waals surface area contributed by atoms with Crippen molar-refractivity contribution in [1.29, 1.82) is 0 Å². The number of aromatic nitrogens is 1. The Kier molecular flexibility index (Phi) is 3.49. The number of hydrogen-bond donors (Lipinski definition) is 2. The van der Waals surface area contributed by atoms with Gasteiger partial charge in [0.25, 0.3) is 5.91 Å². The minimum Gasteiger partial charge on any atom is -0.397 e. The monoisotopic (exact) mass is 255 g/mol. The summed E-state index contributed by atoms with van der Waals surface area (Å²) in [5, 5.41) is 9.34. The molecule has 1 aromatic rings. The first-order valence-corrected chi connectivity index (χ1v) is 5.84. The molecule has 1 aromatic heterocycles. The van der Waals surface area contributed by atoms with Crippen LogP contribution in [0.1, 0.15) is 23.2 Å². The lowest BCUT2D eigenvalue weighted by Crippen LogP contribution is -2.37. The Labute approximate surface area is 104 Å². The van der Waals surface area contributed by atoms with Crippen molar-refractivity contribution in [3.63, 3.8) is 0 Å². The Morgan fingerprint density at radius 1 is 1.71 bits per heavy atom. The highest BCUT2D eigenvalue weighted by Gasteiger charge is 2.30. The van der Waals surface area contributed by atoms with Crippen LogP contribution in [0.25, 0.3) is 0 Å². The van der Waals surface area contributed by atoms with E-state index in [0.29, 0.717) is 17.8 Å². The topological polar surface area (TPSA) is 79.5 Å². The molecule has 1 amide bonds. The number of amides is 1. The van der Waals surface area contributed by atoms with E-state index in [1.165, 1.54) is 12.3 Å². The van der Waals surface area contributed by atoms with Gasteiger partial charge in [0.1, 0.15) is 5.15 Å². The third-order valence-corrected chi connectivity index (χ3v) is 3.24. The van der Waals surface area contributed by atoms with Crippen molar-refractivity contribution in [3.05, 3.63) is 23.0 Å². The van der Waals surface area contributed by atoms with Crippen molar-refractivity contribution in [2.75, 3.05) is 18.9 Å². The fraction of sp³-hybridized carbons (Fsp3) is 0.455. The molecule has 92 valence electrons. The second-order valence-electron chi connectivity index (χ2n) is 4.08. The first kappa shape index (κ1) is 12.1. The quantitative estimate of drug-likeness (QED) is 0.770. The predicted molar refractivity (Wildman–Crippen MR) is 64.8 cm³/mol. The zero-order valence-electron chi connectivity index (χ0n) is 9.27. The summed E-state index contributed by atoms with van der Waals surface area (Å²) in [4.78, 5) is 17.7. The Morgan fingerprint density at radius 3 is 3.18 bits per heavy atom. The number of nitrogen functional groups attached to an aromatic ring is 1. The highest BCUT2D eigenvalue weighted by Crippen LogP contribution is 2.23. The van der Waals surface area contributed by atoms with E-state index < -0.39 is 0 Å². The summed E-state index contributed by atoms with van der Waals surface area (Å²) in [6.07, 6.45) is 3.12. The van der Waals surface area contributed by atoms with Crippen LogP contribution in [0.4, 0.5) is 5.69 Å². The first-order valence-electron chi connectivity index (χ1n) is 5.46. The van der Waals surface area contributed by atoms with Crippen LogP contribution in [0.3, 0.4) is 0 Å². The molecular weight excluding hydrogens is 242 g/mol. The van der Waals surface area contributed by atoms with Crippen molar-refractivity contribution in [2.45, 2.75) is 18.9 Å². The second kappa shape index (κ2) is 4.89. The van der Waals surface area contributed by atoms with Gasteiger partial charge in [-0.1, -0.05) is 11.6 Å². The minimum absolute atomic E-state index is 0.0287. The maximum atomic E-state index is 12.2. The number of likely N-dealkylation sites (tertiary alicyclic amines) is 1. The highest BCUT2D eigenvalue weighted by atomic mass is 35.5. The summed E-state index contributed by atoms with van der Waals surface area (Å²) < 4.78 is 0.